The van der Waals surface area contributed by atoms with Gasteiger partial charge in [0.25, 0.3) is 0 Å². The van der Waals surface area contributed by atoms with Gasteiger partial charge in [-0.25, -0.2) is 4.68 Å². The summed E-state index contributed by atoms with van der Waals surface area (Å²) in [6, 6.07) is 7.64. The molecule has 0 bridgehead atoms. The van der Waals surface area contributed by atoms with Crippen LogP contribution in [-0.4, -0.2) is 22.2 Å². The maximum atomic E-state index is 11.1. The zero-order chi connectivity index (χ0) is 15.0. The van der Waals surface area contributed by atoms with Gasteiger partial charge in [0.05, 0.1) is 18.3 Å². The highest BCUT2D eigenvalue weighted by Gasteiger charge is 2.22. The van der Waals surface area contributed by atoms with E-state index < -0.39 is 0 Å². The minimum atomic E-state index is -0.369. The van der Waals surface area contributed by atoms with Crippen LogP contribution in [0.2, 0.25) is 5.02 Å². The summed E-state index contributed by atoms with van der Waals surface area (Å²) < 4.78 is 1.82. The van der Waals surface area contributed by atoms with Crippen LogP contribution in [-0.2, 0) is 11.2 Å². The summed E-state index contributed by atoms with van der Waals surface area (Å²) in [6.07, 6.45) is 1.86. The van der Waals surface area contributed by atoms with E-state index >= 15 is 0 Å². The molecular weight excluding hydrogens is 288 g/mol. The Morgan fingerprint density at radius 1 is 1.43 bits per heavy atom. The van der Waals surface area contributed by atoms with Gasteiger partial charge in [-0.05, 0) is 24.6 Å². The number of hydrogen-bond donors (Lipinski definition) is 2. The Labute approximate surface area is 127 Å². The molecule has 3 rings (SSSR count). The van der Waals surface area contributed by atoms with Crippen molar-refractivity contribution in [3.63, 3.8) is 0 Å². The summed E-state index contributed by atoms with van der Waals surface area (Å²) in [4.78, 5) is 11.1. The Kier molecular flexibility index (Phi) is 3.43. The number of anilines is 1. The number of rotatable bonds is 3. The van der Waals surface area contributed by atoms with E-state index in [0.29, 0.717) is 11.6 Å². The monoisotopic (exact) mass is 302 g/mol. The van der Waals surface area contributed by atoms with Crippen LogP contribution in [0.5, 0.6) is 0 Å². The normalized spacial score (nSPS) is 13.8. The van der Waals surface area contributed by atoms with Crippen molar-refractivity contribution in [3.05, 3.63) is 52.2 Å². The molecule has 3 N–H and O–H groups in total. The van der Waals surface area contributed by atoms with Crippen molar-refractivity contribution < 1.29 is 4.79 Å². The van der Waals surface area contributed by atoms with Gasteiger partial charge in [0.1, 0.15) is 5.82 Å². The predicted octanol–water partition coefficient (Wildman–Crippen LogP) is 2.27. The molecule has 0 aliphatic carbocycles. The van der Waals surface area contributed by atoms with Crippen molar-refractivity contribution in [3.8, 4) is 0 Å². The number of carbonyl (C=O) groups is 1. The van der Waals surface area contributed by atoms with E-state index in [4.69, 9.17) is 17.3 Å². The molecule has 1 aromatic carbocycles. The fraction of sp³-hybridized carbons (Fsp3) is 0.200. The topological polar surface area (TPSA) is 72.9 Å². The molecular formula is C15H15ClN4O. The lowest BCUT2D eigenvalue weighted by atomic mass is 10.1. The number of fused-ring (bicyclic) bond motifs is 1. The predicted molar refractivity (Wildman–Crippen MR) is 83.1 cm³/mol. The molecule has 0 saturated carbocycles. The van der Waals surface area contributed by atoms with E-state index in [1.807, 2.05) is 28.9 Å². The molecule has 5 nitrogen and oxygen atoms in total. The van der Waals surface area contributed by atoms with Gasteiger partial charge >= 0.3 is 0 Å². The number of carbonyl (C=O) groups excluding carboxylic acids is 1. The molecule has 2 heterocycles. The summed E-state index contributed by atoms with van der Waals surface area (Å²) in [7, 11) is 0. The van der Waals surface area contributed by atoms with Crippen molar-refractivity contribution >= 4 is 29.0 Å². The number of nitrogens with two attached hydrogens (primary N) is 1. The van der Waals surface area contributed by atoms with Crippen LogP contribution in [0.25, 0.3) is 5.70 Å². The molecule has 0 saturated heterocycles. The second-order valence-corrected chi connectivity index (χ2v) is 5.50. The van der Waals surface area contributed by atoms with Crippen LogP contribution < -0.4 is 11.1 Å². The number of benzene rings is 1. The molecule has 0 radical (unpaired) electrons. The number of aromatic nitrogens is 2. The van der Waals surface area contributed by atoms with Gasteiger partial charge in [0.15, 0.2) is 0 Å². The third-order valence-corrected chi connectivity index (χ3v) is 3.72. The maximum absolute atomic E-state index is 11.1. The Morgan fingerprint density at radius 2 is 2.14 bits per heavy atom. The Morgan fingerprint density at radius 3 is 2.81 bits per heavy atom. The number of nitrogens with zero attached hydrogens (tertiary/aromatic N) is 2. The fourth-order valence-corrected chi connectivity index (χ4v) is 2.64. The molecule has 21 heavy (non-hydrogen) atoms. The lowest BCUT2D eigenvalue weighted by Gasteiger charge is -2.23. The Hall–Kier alpha value is -2.27. The van der Waals surface area contributed by atoms with Crippen LogP contribution in [0.4, 0.5) is 5.82 Å². The van der Waals surface area contributed by atoms with Crippen molar-refractivity contribution in [1.29, 1.82) is 0 Å². The molecule has 1 aliphatic rings. The largest absolute Gasteiger partial charge is 0.369 e. The third-order valence-electron chi connectivity index (χ3n) is 3.46. The molecule has 0 spiro atoms. The summed E-state index contributed by atoms with van der Waals surface area (Å²) in [5.74, 6) is 0.455. The van der Waals surface area contributed by atoms with Gasteiger partial charge in [-0.1, -0.05) is 23.7 Å². The van der Waals surface area contributed by atoms with E-state index in [0.717, 1.165) is 22.6 Å². The van der Waals surface area contributed by atoms with Crippen molar-refractivity contribution in [2.75, 3.05) is 11.9 Å². The molecule has 0 fully saturated rings. The van der Waals surface area contributed by atoms with Gasteiger partial charge in [-0.15, -0.1) is 0 Å². The van der Waals surface area contributed by atoms with Gasteiger partial charge in [-0.3, -0.25) is 4.79 Å². The summed E-state index contributed by atoms with van der Waals surface area (Å²) >= 11 is 5.95. The zero-order valence-electron chi connectivity index (χ0n) is 11.6. The summed E-state index contributed by atoms with van der Waals surface area (Å²) in [5, 5.41) is 8.38. The maximum Gasteiger partial charge on any atom is 0.222 e. The third kappa shape index (κ3) is 2.52. The summed E-state index contributed by atoms with van der Waals surface area (Å²) in [5.41, 5.74) is 9.29. The molecule has 0 unspecified atom stereocenters. The average Bonchev–Trinajstić information content (AvgIpc) is 2.82. The van der Waals surface area contributed by atoms with Crippen molar-refractivity contribution in [2.45, 2.75) is 13.3 Å². The van der Waals surface area contributed by atoms with Gasteiger partial charge in [0.2, 0.25) is 5.91 Å². The van der Waals surface area contributed by atoms with Crippen LogP contribution in [0, 0.1) is 0 Å². The number of nitrogens with one attached hydrogen (secondary N) is 1. The number of primary amides is 1. The average molecular weight is 303 g/mol. The second-order valence-electron chi connectivity index (χ2n) is 5.06. The van der Waals surface area contributed by atoms with Gasteiger partial charge in [-0.2, -0.15) is 5.10 Å². The quantitative estimate of drug-likeness (QED) is 0.913. The molecule has 2 aromatic rings. The first-order chi connectivity index (χ1) is 10.1. The highest BCUT2D eigenvalue weighted by molar-refractivity contribution is 6.30. The Bertz CT molecular complexity index is 731. The Balaban J connectivity index is 2.08. The smallest absolute Gasteiger partial charge is 0.222 e. The van der Waals surface area contributed by atoms with E-state index in [9.17, 15) is 4.79 Å². The molecule has 0 atom stereocenters. The van der Waals surface area contributed by atoms with Crippen LogP contribution in [0.3, 0.4) is 0 Å². The fourth-order valence-electron chi connectivity index (χ4n) is 2.51. The molecule has 1 amide bonds. The van der Waals surface area contributed by atoms with E-state index in [2.05, 4.69) is 17.3 Å². The SMILES string of the molecule is CC1=C(c2ccc(Cl)cc2)n2ncc(CC(N)=O)c2NC1. The van der Waals surface area contributed by atoms with Crippen molar-refractivity contribution in [1.82, 2.24) is 9.78 Å². The molecule has 108 valence electrons. The van der Waals surface area contributed by atoms with Crippen molar-refractivity contribution in [2.24, 2.45) is 5.73 Å². The highest BCUT2D eigenvalue weighted by Crippen LogP contribution is 2.31. The van der Waals surface area contributed by atoms with Gasteiger partial charge < -0.3 is 11.1 Å². The highest BCUT2D eigenvalue weighted by atomic mass is 35.5. The summed E-state index contributed by atoms with van der Waals surface area (Å²) in [6.45, 7) is 2.75. The van der Waals surface area contributed by atoms with Crippen LogP contribution in [0.15, 0.2) is 36.0 Å². The zero-order valence-corrected chi connectivity index (χ0v) is 12.3. The first-order valence-corrected chi connectivity index (χ1v) is 6.99. The first kappa shape index (κ1) is 13.7. The number of hydrogen-bond acceptors (Lipinski definition) is 3. The van der Waals surface area contributed by atoms with E-state index in [1.165, 1.54) is 5.57 Å². The van der Waals surface area contributed by atoms with E-state index in [1.54, 1.807) is 6.20 Å². The second kappa shape index (κ2) is 5.26. The number of amides is 1. The molecule has 1 aromatic heterocycles. The van der Waals surface area contributed by atoms with Crippen LogP contribution >= 0.6 is 11.6 Å². The molecule has 6 heteroatoms. The van der Waals surface area contributed by atoms with E-state index in [-0.39, 0.29) is 12.3 Å². The lowest BCUT2D eigenvalue weighted by molar-refractivity contribution is -0.117. The van der Waals surface area contributed by atoms with Gasteiger partial charge in [0, 0.05) is 22.7 Å². The number of halogens is 1. The van der Waals surface area contributed by atoms with Crippen LogP contribution in [0.1, 0.15) is 18.1 Å². The first-order valence-electron chi connectivity index (χ1n) is 6.61. The lowest BCUT2D eigenvalue weighted by Crippen LogP contribution is -2.21. The minimum absolute atomic E-state index is 0.176. The molecule has 1 aliphatic heterocycles. The minimum Gasteiger partial charge on any atom is -0.369 e. The standard InChI is InChI=1S/C15H15ClN4O/c1-9-7-18-15-11(6-13(17)21)8-19-20(15)14(9)10-2-4-12(16)5-3-10/h2-5,8,18H,6-7H2,1H3,(H2,17,21).